The highest BCUT2D eigenvalue weighted by Crippen LogP contribution is 2.46. The van der Waals surface area contributed by atoms with Gasteiger partial charge in [-0.2, -0.15) is 10.4 Å². The summed E-state index contributed by atoms with van der Waals surface area (Å²) < 4.78 is 7.44. The molecule has 2 unspecified atom stereocenters. The lowest BCUT2D eigenvalue weighted by atomic mass is 9.74. The van der Waals surface area contributed by atoms with Crippen molar-refractivity contribution in [2.45, 2.75) is 71.0 Å². The Morgan fingerprint density at radius 1 is 1.29 bits per heavy atom. The van der Waals surface area contributed by atoms with E-state index in [1.54, 1.807) is 23.8 Å². The topological polar surface area (TPSA) is 95.5 Å². The van der Waals surface area contributed by atoms with Crippen LogP contribution in [0.4, 0.5) is 5.82 Å². The molecule has 1 amide bonds. The Kier molecular flexibility index (Phi) is 5.87. The van der Waals surface area contributed by atoms with Crippen molar-refractivity contribution in [1.82, 2.24) is 19.9 Å². The number of carbonyl (C=O) groups excluding carboxylic acids is 1. The van der Waals surface area contributed by atoms with Crippen LogP contribution in [-0.4, -0.2) is 44.7 Å². The Morgan fingerprint density at radius 2 is 2.03 bits per heavy atom. The molecule has 2 bridgehead atoms. The molecule has 0 aliphatic carbocycles. The second-order valence-corrected chi connectivity index (χ2v) is 10.1. The van der Waals surface area contributed by atoms with Crippen LogP contribution in [0.15, 0.2) is 36.8 Å². The van der Waals surface area contributed by atoms with Crippen LogP contribution in [0.1, 0.15) is 58.9 Å². The standard InChI is InChI=1S/C27H32N6O2/c1-5-35-23-10-24(26-20(13-28)15-30-32(26)16-23)19-6-9-25(29-14-19)33-21-7-8-22(33)12-27(11-21,17(2)3)31-18(4)34/h6,9-10,14-17,21-22H,5,7-8,11-12H2,1-4H3,(H,31,34). The molecular weight excluding hydrogens is 440 g/mol. The number of nitrogens with one attached hydrogen (secondary N) is 1. The van der Waals surface area contributed by atoms with Crippen molar-refractivity contribution in [2.24, 2.45) is 5.92 Å². The summed E-state index contributed by atoms with van der Waals surface area (Å²) >= 11 is 0. The Hall–Kier alpha value is -3.60. The number of rotatable bonds is 6. The maximum absolute atomic E-state index is 12.0. The number of piperidine rings is 1. The fourth-order valence-electron chi connectivity index (χ4n) is 6.07. The Bertz CT molecular complexity index is 1280. The molecule has 8 heteroatoms. The predicted molar refractivity (Wildman–Crippen MR) is 134 cm³/mol. The van der Waals surface area contributed by atoms with Crippen LogP contribution in [0.25, 0.3) is 16.6 Å². The van der Waals surface area contributed by atoms with Crippen LogP contribution in [0.3, 0.4) is 0 Å². The average Bonchev–Trinajstić information content (AvgIpc) is 3.36. The molecule has 0 spiro atoms. The minimum absolute atomic E-state index is 0.0474. The van der Waals surface area contributed by atoms with Crippen LogP contribution < -0.4 is 15.0 Å². The van der Waals surface area contributed by atoms with Gasteiger partial charge in [0.05, 0.1) is 30.1 Å². The highest BCUT2D eigenvalue weighted by Gasteiger charge is 2.50. The van der Waals surface area contributed by atoms with Gasteiger partial charge in [0.2, 0.25) is 5.91 Å². The molecule has 0 saturated carbocycles. The van der Waals surface area contributed by atoms with E-state index in [1.165, 1.54) is 0 Å². The van der Waals surface area contributed by atoms with Crippen LogP contribution in [0, 0.1) is 17.2 Å². The van der Waals surface area contributed by atoms with Gasteiger partial charge in [-0.15, -0.1) is 0 Å². The fraction of sp³-hybridized carbons (Fsp3) is 0.481. The van der Waals surface area contributed by atoms with Crippen molar-refractivity contribution >= 4 is 17.2 Å². The van der Waals surface area contributed by atoms with E-state index >= 15 is 0 Å². The van der Waals surface area contributed by atoms with E-state index in [-0.39, 0.29) is 11.4 Å². The summed E-state index contributed by atoms with van der Waals surface area (Å²) in [5.41, 5.74) is 2.89. The molecule has 0 radical (unpaired) electrons. The van der Waals surface area contributed by atoms with Gasteiger partial charge in [-0.25, -0.2) is 9.50 Å². The first kappa shape index (κ1) is 23.2. The van der Waals surface area contributed by atoms with Gasteiger partial charge >= 0.3 is 0 Å². The van der Waals surface area contributed by atoms with Gasteiger partial charge in [-0.05, 0) is 56.7 Å². The van der Waals surface area contributed by atoms with Crippen LogP contribution in [0.2, 0.25) is 0 Å². The highest BCUT2D eigenvalue weighted by molar-refractivity contribution is 5.85. The number of nitrogens with zero attached hydrogens (tertiary/aromatic N) is 5. The number of carbonyl (C=O) groups is 1. The number of aromatic nitrogens is 3. The van der Waals surface area contributed by atoms with Crippen LogP contribution >= 0.6 is 0 Å². The van der Waals surface area contributed by atoms with E-state index in [1.807, 2.05) is 19.2 Å². The summed E-state index contributed by atoms with van der Waals surface area (Å²) in [6, 6.07) is 9.05. The van der Waals surface area contributed by atoms with E-state index in [0.29, 0.717) is 35.9 Å². The molecule has 8 nitrogen and oxygen atoms in total. The number of pyridine rings is 2. The molecule has 3 aromatic heterocycles. The molecule has 182 valence electrons. The third-order valence-electron chi connectivity index (χ3n) is 7.69. The Balaban J connectivity index is 1.47. The molecule has 35 heavy (non-hydrogen) atoms. The van der Waals surface area contributed by atoms with Gasteiger partial charge in [-0.3, -0.25) is 4.79 Å². The lowest BCUT2D eigenvalue weighted by Gasteiger charge is -2.49. The van der Waals surface area contributed by atoms with E-state index in [0.717, 1.165) is 48.1 Å². The molecule has 2 aliphatic heterocycles. The number of anilines is 1. The monoisotopic (exact) mass is 472 g/mol. The molecular formula is C27H32N6O2. The van der Waals surface area contributed by atoms with Crippen molar-refractivity contribution in [1.29, 1.82) is 5.26 Å². The molecule has 3 aromatic rings. The van der Waals surface area contributed by atoms with Crippen molar-refractivity contribution < 1.29 is 9.53 Å². The quantitative estimate of drug-likeness (QED) is 0.574. The summed E-state index contributed by atoms with van der Waals surface area (Å²) in [6.07, 6.45) is 9.35. The van der Waals surface area contributed by atoms with Gasteiger partial charge in [0.15, 0.2) is 0 Å². The SMILES string of the molecule is CCOc1cc(-c2ccc(N3C4CCC3CC(NC(C)=O)(C(C)C)C4)nc2)c2c(C#N)cnn2c1. The molecule has 5 heterocycles. The Morgan fingerprint density at radius 3 is 2.60 bits per heavy atom. The fourth-order valence-corrected chi connectivity index (χ4v) is 6.07. The Labute approximate surface area is 205 Å². The van der Waals surface area contributed by atoms with Crippen molar-refractivity contribution in [3.8, 4) is 22.9 Å². The van der Waals surface area contributed by atoms with Crippen molar-refractivity contribution in [2.75, 3.05) is 11.5 Å². The first-order valence-corrected chi connectivity index (χ1v) is 12.4. The lowest BCUT2D eigenvalue weighted by molar-refractivity contribution is -0.122. The number of fused-ring (bicyclic) bond motifs is 3. The van der Waals surface area contributed by atoms with Gasteiger partial charge in [0, 0.05) is 41.9 Å². The normalized spacial score (nSPS) is 23.5. The minimum atomic E-state index is -0.158. The molecule has 2 aliphatic rings. The second-order valence-electron chi connectivity index (χ2n) is 10.1. The van der Waals surface area contributed by atoms with E-state index < -0.39 is 0 Å². The van der Waals surface area contributed by atoms with Gasteiger partial charge in [-0.1, -0.05) is 13.8 Å². The summed E-state index contributed by atoms with van der Waals surface area (Å²) in [7, 11) is 0. The molecule has 5 rings (SSSR count). The lowest BCUT2D eigenvalue weighted by Crippen LogP contribution is -2.61. The highest BCUT2D eigenvalue weighted by atomic mass is 16.5. The van der Waals surface area contributed by atoms with Crippen molar-refractivity contribution in [3.63, 3.8) is 0 Å². The number of hydrogen-bond donors (Lipinski definition) is 1. The zero-order valence-electron chi connectivity index (χ0n) is 20.8. The smallest absolute Gasteiger partial charge is 0.217 e. The van der Waals surface area contributed by atoms with Gasteiger partial charge < -0.3 is 15.0 Å². The number of ether oxygens (including phenoxy) is 1. The molecule has 2 fully saturated rings. The van der Waals surface area contributed by atoms with Crippen molar-refractivity contribution in [3.05, 3.63) is 42.4 Å². The third kappa shape index (κ3) is 3.99. The maximum Gasteiger partial charge on any atom is 0.217 e. The number of nitriles is 1. The average molecular weight is 473 g/mol. The molecule has 2 saturated heterocycles. The maximum atomic E-state index is 12.0. The van der Waals surface area contributed by atoms with Crippen LogP contribution in [0.5, 0.6) is 5.75 Å². The summed E-state index contributed by atoms with van der Waals surface area (Å²) in [6.45, 7) is 8.52. The number of hydrogen-bond acceptors (Lipinski definition) is 6. The summed E-state index contributed by atoms with van der Waals surface area (Å²) in [5, 5.41) is 17.2. The van der Waals surface area contributed by atoms with Gasteiger partial charge in [0.1, 0.15) is 17.6 Å². The molecule has 2 atom stereocenters. The van der Waals surface area contributed by atoms with Crippen LogP contribution in [-0.2, 0) is 4.79 Å². The zero-order valence-corrected chi connectivity index (χ0v) is 20.8. The third-order valence-corrected chi connectivity index (χ3v) is 7.69. The second kappa shape index (κ2) is 8.88. The summed E-state index contributed by atoms with van der Waals surface area (Å²) in [4.78, 5) is 19.3. The van der Waals surface area contributed by atoms with E-state index in [2.05, 4.69) is 47.4 Å². The van der Waals surface area contributed by atoms with Gasteiger partial charge in [0.25, 0.3) is 0 Å². The van der Waals surface area contributed by atoms with E-state index in [4.69, 9.17) is 9.72 Å². The summed E-state index contributed by atoms with van der Waals surface area (Å²) in [5.74, 6) is 2.08. The first-order valence-electron chi connectivity index (χ1n) is 12.4. The minimum Gasteiger partial charge on any atom is -0.492 e. The largest absolute Gasteiger partial charge is 0.492 e. The molecule has 0 aromatic carbocycles. The zero-order chi connectivity index (χ0) is 24.7. The predicted octanol–water partition coefficient (Wildman–Crippen LogP) is 4.33. The van der Waals surface area contributed by atoms with E-state index in [9.17, 15) is 10.1 Å². The first-order chi connectivity index (χ1) is 16.8. The number of amides is 1. The molecule has 1 N–H and O–H groups in total.